The normalized spacial score (nSPS) is 10.7. The van der Waals surface area contributed by atoms with Crippen LogP contribution in [0.4, 0.5) is 11.4 Å². The van der Waals surface area contributed by atoms with Crippen LogP contribution in [0.15, 0.2) is 89.9 Å². The smallest absolute Gasteiger partial charge is 0.343 e. The minimum Gasteiger partial charge on any atom is -0.493 e. The van der Waals surface area contributed by atoms with Crippen molar-refractivity contribution < 1.29 is 28.7 Å². The molecule has 0 aromatic heterocycles. The molecule has 4 rings (SSSR count). The molecule has 0 radical (unpaired) electrons. The van der Waals surface area contributed by atoms with Gasteiger partial charge in [-0.2, -0.15) is 0 Å². The quantitative estimate of drug-likeness (QED) is 0.0856. The molecule has 0 saturated heterocycles. The first-order valence-corrected chi connectivity index (χ1v) is 11.4. The highest BCUT2D eigenvalue weighted by Crippen LogP contribution is 2.38. The van der Waals surface area contributed by atoms with Crippen LogP contribution in [0.25, 0.3) is 11.1 Å². The summed E-state index contributed by atoms with van der Waals surface area (Å²) in [5.74, 6) is 0.889. The lowest BCUT2D eigenvalue weighted by Crippen LogP contribution is -2.09. The van der Waals surface area contributed by atoms with Gasteiger partial charge in [0.05, 0.1) is 37.5 Å². The molecule has 0 atom stereocenters. The first-order valence-electron chi connectivity index (χ1n) is 11.4. The van der Waals surface area contributed by atoms with E-state index in [1.165, 1.54) is 45.6 Å². The maximum atomic E-state index is 12.7. The van der Waals surface area contributed by atoms with E-state index in [1.54, 1.807) is 42.6 Å². The van der Waals surface area contributed by atoms with Gasteiger partial charge in [0.1, 0.15) is 5.75 Å². The van der Waals surface area contributed by atoms with E-state index in [-0.39, 0.29) is 11.3 Å². The molecular formula is C29H24N2O7. The van der Waals surface area contributed by atoms with Crippen molar-refractivity contribution >= 4 is 23.6 Å². The van der Waals surface area contributed by atoms with Crippen LogP contribution in [0.3, 0.4) is 0 Å². The average Bonchev–Trinajstić information content (AvgIpc) is 2.96. The first-order chi connectivity index (χ1) is 18.4. The second kappa shape index (κ2) is 11.7. The molecule has 192 valence electrons. The van der Waals surface area contributed by atoms with Crippen LogP contribution < -0.4 is 18.9 Å². The molecule has 9 nitrogen and oxygen atoms in total. The molecule has 9 heteroatoms. The third-order valence-corrected chi connectivity index (χ3v) is 5.63. The molecule has 0 N–H and O–H groups in total. The predicted molar refractivity (Wildman–Crippen MR) is 143 cm³/mol. The Balaban J connectivity index is 1.40. The molecule has 0 saturated carbocycles. The highest BCUT2D eigenvalue weighted by atomic mass is 16.6. The van der Waals surface area contributed by atoms with E-state index in [2.05, 4.69) is 4.99 Å². The van der Waals surface area contributed by atoms with Crippen molar-refractivity contribution in [3.63, 3.8) is 0 Å². The fourth-order valence-corrected chi connectivity index (χ4v) is 3.65. The van der Waals surface area contributed by atoms with Crippen LogP contribution in [0.1, 0.15) is 15.9 Å². The van der Waals surface area contributed by atoms with Crippen molar-refractivity contribution in [2.45, 2.75) is 0 Å². The van der Waals surface area contributed by atoms with Gasteiger partial charge >= 0.3 is 5.97 Å². The van der Waals surface area contributed by atoms with Crippen molar-refractivity contribution in [2.24, 2.45) is 4.99 Å². The van der Waals surface area contributed by atoms with Crippen molar-refractivity contribution in [1.82, 2.24) is 0 Å². The van der Waals surface area contributed by atoms with Crippen LogP contribution >= 0.6 is 0 Å². The molecule has 0 fully saturated rings. The number of carbonyl (C=O) groups excluding carboxylic acids is 1. The minimum atomic E-state index is -0.571. The number of hydrogen-bond acceptors (Lipinski definition) is 8. The third-order valence-electron chi connectivity index (χ3n) is 5.63. The van der Waals surface area contributed by atoms with E-state index in [9.17, 15) is 14.9 Å². The number of nitro groups is 1. The fraction of sp³-hybridized carbons (Fsp3) is 0.103. The van der Waals surface area contributed by atoms with Crippen LogP contribution in [0.5, 0.6) is 23.0 Å². The Kier molecular flexibility index (Phi) is 7.98. The van der Waals surface area contributed by atoms with E-state index >= 15 is 0 Å². The van der Waals surface area contributed by atoms with Gasteiger partial charge in [0, 0.05) is 18.3 Å². The summed E-state index contributed by atoms with van der Waals surface area (Å²) < 4.78 is 21.4. The number of carbonyl (C=O) groups is 1. The summed E-state index contributed by atoms with van der Waals surface area (Å²) in [6.07, 6.45) is 1.70. The number of ether oxygens (including phenoxy) is 4. The molecule has 0 aliphatic heterocycles. The van der Waals surface area contributed by atoms with Crippen LogP contribution in [0.2, 0.25) is 0 Å². The summed E-state index contributed by atoms with van der Waals surface area (Å²) in [5, 5.41) is 10.8. The molecule has 0 aliphatic rings. The van der Waals surface area contributed by atoms with Crippen molar-refractivity contribution in [3.05, 3.63) is 106 Å². The van der Waals surface area contributed by atoms with E-state index in [4.69, 9.17) is 18.9 Å². The number of esters is 1. The summed E-state index contributed by atoms with van der Waals surface area (Å²) in [4.78, 5) is 27.6. The third kappa shape index (κ3) is 5.96. The number of nitrogens with zero attached hydrogens (tertiary/aromatic N) is 2. The summed E-state index contributed by atoms with van der Waals surface area (Å²) in [6, 6.07) is 23.9. The zero-order chi connectivity index (χ0) is 27.1. The van der Waals surface area contributed by atoms with Gasteiger partial charge in [-0.25, -0.2) is 4.79 Å². The van der Waals surface area contributed by atoms with Gasteiger partial charge in [-0.1, -0.05) is 12.1 Å². The SMILES string of the molecule is COc1cc(C(=O)Oc2ccc(C=Nc3ccc(-c4ccc([N+](=O)[O-])cc4)cc3)cc2)cc(OC)c1OC. The van der Waals surface area contributed by atoms with E-state index < -0.39 is 10.9 Å². The molecule has 4 aromatic rings. The zero-order valence-corrected chi connectivity index (χ0v) is 20.9. The lowest BCUT2D eigenvalue weighted by atomic mass is 10.1. The van der Waals surface area contributed by atoms with Gasteiger partial charge in [-0.15, -0.1) is 0 Å². The number of aliphatic imine (C=N–C) groups is 1. The number of rotatable bonds is 9. The highest BCUT2D eigenvalue weighted by molar-refractivity contribution is 5.93. The molecule has 0 heterocycles. The number of hydrogen-bond donors (Lipinski definition) is 0. The molecule has 0 amide bonds. The van der Waals surface area contributed by atoms with Gasteiger partial charge in [-0.05, 0) is 77.4 Å². The highest BCUT2D eigenvalue weighted by Gasteiger charge is 2.18. The first kappa shape index (κ1) is 25.9. The molecule has 0 unspecified atom stereocenters. The molecule has 4 aromatic carbocycles. The van der Waals surface area contributed by atoms with Gasteiger partial charge in [0.25, 0.3) is 5.69 Å². The van der Waals surface area contributed by atoms with Crippen LogP contribution in [-0.4, -0.2) is 38.4 Å². The molecule has 0 spiro atoms. The van der Waals surface area contributed by atoms with E-state index in [1.807, 2.05) is 24.3 Å². The Hall–Kier alpha value is -5.18. The largest absolute Gasteiger partial charge is 0.493 e. The second-order valence-electron chi connectivity index (χ2n) is 7.98. The lowest BCUT2D eigenvalue weighted by molar-refractivity contribution is -0.384. The van der Waals surface area contributed by atoms with E-state index in [0.29, 0.717) is 23.0 Å². The minimum absolute atomic E-state index is 0.0527. The molecule has 0 bridgehead atoms. The Morgan fingerprint density at radius 1 is 0.789 bits per heavy atom. The lowest BCUT2D eigenvalue weighted by Gasteiger charge is -2.13. The maximum absolute atomic E-state index is 12.7. The Bertz CT molecular complexity index is 1440. The zero-order valence-electron chi connectivity index (χ0n) is 20.9. The Labute approximate surface area is 219 Å². The van der Waals surface area contributed by atoms with Crippen LogP contribution in [-0.2, 0) is 0 Å². The van der Waals surface area contributed by atoms with E-state index in [0.717, 1.165) is 22.4 Å². The van der Waals surface area contributed by atoms with Gasteiger partial charge in [0.15, 0.2) is 11.5 Å². The Morgan fingerprint density at radius 3 is 1.84 bits per heavy atom. The van der Waals surface area contributed by atoms with Gasteiger partial charge in [-0.3, -0.25) is 15.1 Å². The van der Waals surface area contributed by atoms with Gasteiger partial charge in [0.2, 0.25) is 5.75 Å². The number of benzene rings is 4. The Morgan fingerprint density at radius 2 is 1.34 bits per heavy atom. The monoisotopic (exact) mass is 512 g/mol. The van der Waals surface area contributed by atoms with Crippen molar-refractivity contribution in [1.29, 1.82) is 0 Å². The van der Waals surface area contributed by atoms with Crippen molar-refractivity contribution in [2.75, 3.05) is 21.3 Å². The number of nitro benzene ring substituents is 1. The molecular weight excluding hydrogens is 488 g/mol. The summed E-state index contributed by atoms with van der Waals surface area (Å²) in [5.41, 5.74) is 3.67. The summed E-state index contributed by atoms with van der Waals surface area (Å²) in [7, 11) is 4.43. The maximum Gasteiger partial charge on any atom is 0.343 e. The fourth-order valence-electron chi connectivity index (χ4n) is 3.65. The number of methoxy groups -OCH3 is 3. The summed E-state index contributed by atoms with van der Waals surface area (Å²) >= 11 is 0. The standard InChI is InChI=1S/C29H24N2O7/c1-35-26-16-22(17-27(36-2)28(26)37-3)29(32)38-25-14-4-19(5-15-25)18-30-23-10-6-20(7-11-23)21-8-12-24(13-9-21)31(33)34/h4-18H,1-3H3. The molecule has 38 heavy (non-hydrogen) atoms. The van der Waals surface area contributed by atoms with Crippen LogP contribution in [0, 0.1) is 10.1 Å². The van der Waals surface area contributed by atoms with Crippen molar-refractivity contribution in [3.8, 4) is 34.1 Å². The summed E-state index contributed by atoms with van der Waals surface area (Å²) in [6.45, 7) is 0. The average molecular weight is 513 g/mol. The predicted octanol–water partition coefficient (Wildman–Crippen LogP) is 6.26. The second-order valence-corrected chi connectivity index (χ2v) is 7.98. The molecule has 0 aliphatic carbocycles. The topological polar surface area (TPSA) is 109 Å². The van der Waals surface area contributed by atoms with Gasteiger partial charge < -0.3 is 18.9 Å². The number of non-ortho nitro benzene ring substituents is 1.